The smallest absolute Gasteiger partial charge is 0.333 e. The van der Waals surface area contributed by atoms with Gasteiger partial charge in [-0.25, -0.2) is 19.0 Å². The van der Waals surface area contributed by atoms with Gasteiger partial charge in [0.1, 0.15) is 5.15 Å². The van der Waals surface area contributed by atoms with E-state index in [9.17, 15) is 22.8 Å². The molecule has 1 unspecified atom stereocenters. The molecule has 1 saturated heterocycles. The van der Waals surface area contributed by atoms with Crippen molar-refractivity contribution in [1.29, 1.82) is 0 Å². The summed E-state index contributed by atoms with van der Waals surface area (Å²) in [6.45, 7) is 1.60. The molecule has 1 aliphatic heterocycles. The molecular weight excluding hydrogens is 605 g/mol. The molecular formula is C28H30ClF3N8O2S. The molecule has 4 aromatic rings. The van der Waals surface area contributed by atoms with E-state index in [0.717, 1.165) is 29.3 Å². The van der Waals surface area contributed by atoms with Gasteiger partial charge in [-0.15, -0.1) is 0 Å². The van der Waals surface area contributed by atoms with Crippen molar-refractivity contribution in [3.63, 3.8) is 0 Å². The monoisotopic (exact) mass is 634 g/mol. The molecule has 0 bridgehead atoms. The highest BCUT2D eigenvalue weighted by Gasteiger charge is 2.30. The summed E-state index contributed by atoms with van der Waals surface area (Å²) >= 11 is 7.21. The van der Waals surface area contributed by atoms with Gasteiger partial charge < -0.3 is 10.2 Å². The second kappa shape index (κ2) is 12.4. The predicted octanol–water partition coefficient (Wildman–Crippen LogP) is 5.59. The van der Waals surface area contributed by atoms with Crippen molar-refractivity contribution in [3.05, 3.63) is 74.3 Å². The third kappa shape index (κ3) is 6.03. The number of rotatable bonds is 8. The second-order valence-corrected chi connectivity index (χ2v) is 11.4. The fourth-order valence-corrected chi connectivity index (χ4v) is 6.00. The van der Waals surface area contributed by atoms with Gasteiger partial charge in [-0.05, 0) is 50.5 Å². The van der Waals surface area contributed by atoms with Gasteiger partial charge >= 0.3 is 6.55 Å². The maximum atomic E-state index is 14.4. The van der Waals surface area contributed by atoms with Crippen LogP contribution in [0.15, 0.2) is 35.3 Å². The zero-order valence-corrected chi connectivity index (χ0v) is 25.4. The molecule has 0 radical (unpaired) electrons. The molecule has 5 rings (SSSR count). The first kappa shape index (κ1) is 30.7. The number of carbonyl (C=O) groups is 1. The van der Waals surface area contributed by atoms with Crippen molar-refractivity contribution >= 4 is 52.0 Å². The maximum Gasteiger partial charge on any atom is 0.333 e. The van der Waals surface area contributed by atoms with E-state index in [1.165, 1.54) is 4.57 Å². The summed E-state index contributed by atoms with van der Waals surface area (Å²) in [5, 5.41) is 7.43. The van der Waals surface area contributed by atoms with Crippen molar-refractivity contribution in [2.75, 3.05) is 29.6 Å². The highest BCUT2D eigenvalue weighted by atomic mass is 35.5. The van der Waals surface area contributed by atoms with Crippen LogP contribution in [0.3, 0.4) is 0 Å². The Labute approximate surface area is 254 Å². The lowest BCUT2D eigenvalue weighted by molar-refractivity contribution is 0.0510. The fourth-order valence-electron chi connectivity index (χ4n) is 5.57. The van der Waals surface area contributed by atoms with Crippen molar-refractivity contribution in [3.8, 4) is 0 Å². The molecule has 2 N–H and O–H groups in total. The van der Waals surface area contributed by atoms with E-state index in [1.54, 1.807) is 31.5 Å². The number of benzene rings is 1. The first-order valence-corrected chi connectivity index (χ1v) is 15.1. The van der Waals surface area contributed by atoms with Gasteiger partial charge in [0.25, 0.3) is 11.5 Å². The number of anilines is 2. The zero-order chi connectivity index (χ0) is 31.0. The van der Waals surface area contributed by atoms with E-state index in [-0.39, 0.29) is 22.1 Å². The number of aryl methyl sites for hydroxylation is 1. The van der Waals surface area contributed by atoms with Gasteiger partial charge in [-0.2, -0.15) is 13.9 Å². The molecule has 1 atom stereocenters. The summed E-state index contributed by atoms with van der Waals surface area (Å²) in [6.07, 6.45) is 3.30. The van der Waals surface area contributed by atoms with Gasteiger partial charge in [-0.1, -0.05) is 29.6 Å². The number of nitrogens with one attached hydrogen (secondary N) is 2. The quantitative estimate of drug-likeness (QED) is 0.191. The number of carbonyl (C=O) groups excluding carboxylic acids is 1. The topological polar surface area (TPSA) is 110 Å². The van der Waals surface area contributed by atoms with E-state index < -0.39 is 30.2 Å². The number of alkyl halides is 2. The van der Waals surface area contributed by atoms with Gasteiger partial charge in [0, 0.05) is 37.9 Å². The van der Waals surface area contributed by atoms with Crippen LogP contribution in [-0.2, 0) is 7.05 Å². The first-order valence-electron chi connectivity index (χ1n) is 13.5. The van der Waals surface area contributed by atoms with Gasteiger partial charge in [0.15, 0.2) is 11.5 Å². The summed E-state index contributed by atoms with van der Waals surface area (Å²) < 4.78 is 45.8. The number of fused-ring (bicyclic) bond motifs is 1. The Balaban J connectivity index is 1.48. The molecule has 1 aromatic carbocycles. The van der Waals surface area contributed by atoms with Crippen LogP contribution in [-0.4, -0.2) is 49.6 Å². The minimum atomic E-state index is -2.93. The lowest BCUT2D eigenvalue weighted by atomic mass is 9.93. The fraction of sp³-hybridized carbons (Fsp3) is 0.393. The number of halogens is 4. The molecule has 0 aliphatic carbocycles. The van der Waals surface area contributed by atoms with E-state index >= 15 is 0 Å². The van der Waals surface area contributed by atoms with Crippen LogP contribution in [0.25, 0.3) is 10.9 Å². The highest BCUT2D eigenvalue weighted by Crippen LogP contribution is 2.34. The number of pyridine rings is 1. The zero-order valence-electron chi connectivity index (χ0n) is 23.9. The summed E-state index contributed by atoms with van der Waals surface area (Å²) in [7, 11) is 1.64. The maximum absolute atomic E-state index is 14.4. The molecule has 0 saturated carbocycles. The van der Waals surface area contributed by atoms with Gasteiger partial charge in [-0.3, -0.25) is 18.9 Å². The Morgan fingerprint density at radius 2 is 1.91 bits per heavy atom. The van der Waals surface area contributed by atoms with Crippen LogP contribution in [0, 0.1) is 12.7 Å². The van der Waals surface area contributed by atoms with E-state index in [0.29, 0.717) is 53.2 Å². The number of nitrogens with zero attached hydrogens (tertiary/aromatic N) is 6. The standard InChI is InChI=1S/C28H30ClF3N8O2S/c1-14-11-17(15(2)34-20-5-6-21(29)35-23(20)25(41)37-43-4)22-18(12-14)26(42)38(3)28(36-22)39-9-7-16(8-10-39)24-19(30)13-33-40(24)27(31)32/h5-6,11-13,15-16,27,34H,7-10H2,1-4H3,(H,37,41). The SMILES string of the molecule is CSNC(=O)c1nc(Cl)ccc1NC(C)c1cc(C)cc2c(=O)n(C)c(N3CCC(c4c(F)cnn4C(F)F)CC3)nc12. The summed E-state index contributed by atoms with van der Waals surface area (Å²) in [4.78, 5) is 37.3. The minimum Gasteiger partial charge on any atom is -0.377 e. The summed E-state index contributed by atoms with van der Waals surface area (Å²) in [5.41, 5.74) is 2.32. The van der Waals surface area contributed by atoms with Crippen LogP contribution in [0.1, 0.15) is 65.6 Å². The molecule has 3 aromatic heterocycles. The van der Waals surface area contributed by atoms with Crippen LogP contribution < -0.4 is 20.5 Å². The number of amides is 1. The lowest BCUT2D eigenvalue weighted by Gasteiger charge is -2.33. The summed E-state index contributed by atoms with van der Waals surface area (Å²) in [6, 6.07) is 6.57. The number of hydrogen-bond donors (Lipinski definition) is 2. The van der Waals surface area contributed by atoms with Crippen LogP contribution in [0.5, 0.6) is 0 Å². The van der Waals surface area contributed by atoms with Crippen LogP contribution in [0.4, 0.5) is 24.8 Å². The molecule has 4 heterocycles. The third-order valence-corrected chi connectivity index (χ3v) is 8.18. The first-order chi connectivity index (χ1) is 20.5. The van der Waals surface area contributed by atoms with Gasteiger partial charge in [0.05, 0.1) is 34.5 Å². The Morgan fingerprint density at radius 3 is 2.58 bits per heavy atom. The van der Waals surface area contributed by atoms with Gasteiger partial charge in [0.2, 0.25) is 5.95 Å². The highest BCUT2D eigenvalue weighted by molar-refractivity contribution is 7.97. The van der Waals surface area contributed by atoms with Crippen molar-refractivity contribution in [1.82, 2.24) is 29.0 Å². The lowest BCUT2D eigenvalue weighted by Crippen LogP contribution is -2.38. The van der Waals surface area contributed by atoms with E-state index in [2.05, 4.69) is 20.1 Å². The van der Waals surface area contributed by atoms with Crippen LogP contribution in [0.2, 0.25) is 5.15 Å². The minimum absolute atomic E-state index is 0.102. The van der Waals surface area contributed by atoms with E-state index in [1.807, 2.05) is 24.8 Å². The third-order valence-electron chi connectivity index (χ3n) is 7.58. The molecule has 1 fully saturated rings. The second-order valence-electron chi connectivity index (χ2n) is 10.4. The molecule has 228 valence electrons. The largest absolute Gasteiger partial charge is 0.377 e. The number of piperidine rings is 1. The van der Waals surface area contributed by atoms with Crippen molar-refractivity contribution in [2.45, 2.75) is 45.2 Å². The van der Waals surface area contributed by atoms with Crippen LogP contribution >= 0.6 is 23.5 Å². The molecule has 0 spiro atoms. The van der Waals surface area contributed by atoms with Crippen molar-refractivity contribution in [2.24, 2.45) is 7.05 Å². The Hall–Kier alpha value is -3.78. The normalized spacial score (nSPS) is 14.9. The Morgan fingerprint density at radius 1 is 1.19 bits per heavy atom. The van der Waals surface area contributed by atoms with E-state index in [4.69, 9.17) is 16.6 Å². The Kier molecular flexibility index (Phi) is 8.88. The molecule has 43 heavy (non-hydrogen) atoms. The molecule has 15 heteroatoms. The predicted molar refractivity (Wildman–Crippen MR) is 162 cm³/mol. The average molecular weight is 635 g/mol. The van der Waals surface area contributed by atoms with Crippen molar-refractivity contribution < 1.29 is 18.0 Å². The average Bonchev–Trinajstić information content (AvgIpc) is 3.37. The summed E-state index contributed by atoms with van der Waals surface area (Å²) in [5.74, 6) is -1.18. The molecule has 10 nitrogen and oxygen atoms in total. The Bertz CT molecular complexity index is 1740. The molecule has 1 aliphatic rings. The number of aromatic nitrogens is 5. The molecule has 1 amide bonds. The number of hydrogen-bond acceptors (Lipinski definition) is 8.